The maximum atomic E-state index is 12.2. The van der Waals surface area contributed by atoms with Crippen LogP contribution in [-0.2, 0) is 0 Å². The monoisotopic (exact) mass is 419 g/mol. The average molecular weight is 420 g/mol. The molecule has 6 heteroatoms. The van der Waals surface area contributed by atoms with Gasteiger partial charge in [0.2, 0.25) is 0 Å². The summed E-state index contributed by atoms with van der Waals surface area (Å²) >= 11 is 2.27. The summed E-state index contributed by atoms with van der Waals surface area (Å²) < 4.78 is 3.05. The van der Waals surface area contributed by atoms with Crippen LogP contribution in [-0.4, -0.2) is 30.1 Å². The number of benzene rings is 1. The van der Waals surface area contributed by atoms with Crippen LogP contribution in [0.15, 0.2) is 42.6 Å². The molecule has 0 spiro atoms. The largest absolute Gasteiger partial charge is 0.349 e. The number of nitrogens with one attached hydrogen (secondary N) is 2. The fraction of sp³-hybridized carbons (Fsp3) is 0.267. The molecular formula is C15H19ClIN3O. The topological polar surface area (TPSA) is 46.1 Å². The van der Waals surface area contributed by atoms with Gasteiger partial charge in [-0.1, -0.05) is 6.07 Å². The first-order chi connectivity index (χ1) is 9.61. The minimum atomic E-state index is -0.0593. The minimum absolute atomic E-state index is 0. The zero-order valence-electron chi connectivity index (χ0n) is 12.0. The number of nitrogens with zero attached hydrogens (tertiary/aromatic N) is 1. The van der Waals surface area contributed by atoms with E-state index in [4.69, 9.17) is 0 Å². The highest BCUT2D eigenvalue weighted by Crippen LogP contribution is 2.15. The highest BCUT2D eigenvalue weighted by molar-refractivity contribution is 14.1. The van der Waals surface area contributed by atoms with Gasteiger partial charge in [-0.25, -0.2) is 0 Å². The molecule has 2 aromatic rings. The highest BCUT2D eigenvalue weighted by Gasteiger charge is 2.12. The lowest BCUT2D eigenvalue weighted by Crippen LogP contribution is -2.37. The zero-order chi connectivity index (χ0) is 14.5. The van der Waals surface area contributed by atoms with Gasteiger partial charge in [0.25, 0.3) is 5.91 Å². The van der Waals surface area contributed by atoms with Crippen LogP contribution < -0.4 is 10.6 Å². The Morgan fingerprint density at radius 1 is 1.33 bits per heavy atom. The van der Waals surface area contributed by atoms with E-state index in [0.29, 0.717) is 12.2 Å². The van der Waals surface area contributed by atoms with Crippen molar-refractivity contribution in [3.8, 4) is 5.69 Å². The third-order valence-corrected chi connectivity index (χ3v) is 3.80. The van der Waals surface area contributed by atoms with E-state index in [1.165, 1.54) is 0 Å². The van der Waals surface area contributed by atoms with Crippen molar-refractivity contribution in [2.24, 2.45) is 0 Å². The molecule has 4 nitrogen and oxygen atoms in total. The molecule has 2 rings (SSSR count). The zero-order valence-corrected chi connectivity index (χ0v) is 14.9. The van der Waals surface area contributed by atoms with Crippen LogP contribution in [0.3, 0.4) is 0 Å². The normalized spacial score (nSPS) is 11.6. The molecule has 0 bridgehead atoms. The van der Waals surface area contributed by atoms with Crippen LogP contribution in [0.1, 0.15) is 17.4 Å². The maximum absolute atomic E-state index is 12.2. The Morgan fingerprint density at radius 3 is 2.76 bits per heavy atom. The second-order valence-electron chi connectivity index (χ2n) is 4.64. The van der Waals surface area contributed by atoms with Crippen molar-refractivity contribution in [2.45, 2.75) is 13.0 Å². The smallest absolute Gasteiger partial charge is 0.268 e. The van der Waals surface area contributed by atoms with Crippen molar-refractivity contribution in [2.75, 3.05) is 13.6 Å². The second kappa shape index (κ2) is 8.41. The number of amides is 1. The van der Waals surface area contributed by atoms with E-state index in [0.717, 1.165) is 9.26 Å². The molecule has 0 aliphatic rings. The minimum Gasteiger partial charge on any atom is -0.349 e. The molecule has 0 saturated carbocycles. The maximum Gasteiger partial charge on any atom is 0.268 e. The Hall–Kier alpha value is -1.05. The molecule has 1 heterocycles. The second-order valence-corrected chi connectivity index (χ2v) is 5.89. The molecule has 114 valence electrons. The van der Waals surface area contributed by atoms with Crippen LogP contribution in [0.25, 0.3) is 5.69 Å². The van der Waals surface area contributed by atoms with Crippen molar-refractivity contribution >= 4 is 40.9 Å². The molecule has 0 fully saturated rings. The number of rotatable bonds is 5. The summed E-state index contributed by atoms with van der Waals surface area (Å²) in [5.74, 6) is -0.0593. The summed E-state index contributed by atoms with van der Waals surface area (Å²) in [5.41, 5.74) is 1.64. The molecule has 1 aromatic heterocycles. The summed E-state index contributed by atoms with van der Waals surface area (Å²) in [6.07, 6.45) is 1.90. The molecule has 21 heavy (non-hydrogen) atoms. The molecule has 0 saturated heterocycles. The predicted molar refractivity (Wildman–Crippen MR) is 96.6 cm³/mol. The molecular weight excluding hydrogens is 401 g/mol. The Morgan fingerprint density at radius 2 is 2.10 bits per heavy atom. The third-order valence-electron chi connectivity index (χ3n) is 3.13. The van der Waals surface area contributed by atoms with Crippen molar-refractivity contribution in [3.05, 3.63) is 51.9 Å². The van der Waals surface area contributed by atoms with E-state index in [-0.39, 0.29) is 24.4 Å². The van der Waals surface area contributed by atoms with Crippen LogP contribution >= 0.6 is 35.0 Å². The Bertz CT molecular complexity index is 600. The average Bonchev–Trinajstić information content (AvgIpc) is 2.93. The van der Waals surface area contributed by atoms with Gasteiger partial charge in [0.05, 0.1) is 0 Å². The summed E-state index contributed by atoms with van der Waals surface area (Å²) in [6.45, 7) is 2.63. The first-order valence-corrected chi connectivity index (χ1v) is 7.58. The van der Waals surface area contributed by atoms with Gasteiger partial charge in [0.15, 0.2) is 0 Å². The van der Waals surface area contributed by atoms with Gasteiger partial charge in [-0.2, -0.15) is 0 Å². The van der Waals surface area contributed by atoms with Crippen LogP contribution in [0.2, 0.25) is 0 Å². The van der Waals surface area contributed by atoms with E-state index in [9.17, 15) is 4.79 Å². The van der Waals surface area contributed by atoms with Gasteiger partial charge >= 0.3 is 0 Å². The number of carbonyl (C=O) groups is 1. The summed E-state index contributed by atoms with van der Waals surface area (Å²) in [4.78, 5) is 12.2. The van der Waals surface area contributed by atoms with Gasteiger partial charge in [0, 0.05) is 28.0 Å². The molecule has 1 aromatic carbocycles. The summed E-state index contributed by atoms with van der Waals surface area (Å²) in [5, 5.41) is 6.03. The Kier molecular flexibility index (Phi) is 7.21. The fourth-order valence-electron chi connectivity index (χ4n) is 1.86. The number of likely N-dealkylation sites (N-methyl/N-ethyl adjacent to an activating group) is 1. The lowest BCUT2D eigenvalue weighted by atomic mass is 10.3. The quantitative estimate of drug-likeness (QED) is 0.732. The number of halogens is 2. The highest BCUT2D eigenvalue weighted by atomic mass is 127. The van der Waals surface area contributed by atoms with Crippen LogP contribution in [0, 0.1) is 3.57 Å². The van der Waals surface area contributed by atoms with Gasteiger partial charge in [-0.3, -0.25) is 4.79 Å². The van der Waals surface area contributed by atoms with E-state index in [1.54, 1.807) is 0 Å². The SMILES string of the molecule is CNC(C)CNC(=O)c1cccn1-c1cccc(I)c1.Cl. The van der Waals surface area contributed by atoms with Crippen LogP contribution in [0.5, 0.6) is 0 Å². The Balaban J connectivity index is 0.00000220. The Labute approximate surface area is 144 Å². The van der Waals surface area contributed by atoms with Gasteiger partial charge in [-0.05, 0) is 66.9 Å². The standard InChI is InChI=1S/C15H18IN3O.ClH/c1-11(17-2)10-18-15(20)14-7-4-8-19(14)13-6-3-5-12(16)9-13;/h3-9,11,17H,10H2,1-2H3,(H,18,20);1H. The van der Waals surface area contributed by atoms with Gasteiger partial charge in [0.1, 0.15) is 5.69 Å². The number of aromatic nitrogens is 1. The number of carbonyl (C=O) groups excluding carboxylic acids is 1. The van der Waals surface area contributed by atoms with Crippen molar-refractivity contribution in [1.29, 1.82) is 0 Å². The number of hydrogen-bond acceptors (Lipinski definition) is 2. The predicted octanol–water partition coefficient (Wildman–Crippen LogP) is 2.84. The molecule has 0 aliphatic heterocycles. The first-order valence-electron chi connectivity index (χ1n) is 6.50. The lowest BCUT2D eigenvalue weighted by Gasteiger charge is -2.13. The van der Waals surface area contributed by atoms with Crippen molar-refractivity contribution < 1.29 is 4.79 Å². The fourth-order valence-corrected chi connectivity index (χ4v) is 2.38. The van der Waals surface area contributed by atoms with Crippen molar-refractivity contribution in [1.82, 2.24) is 15.2 Å². The van der Waals surface area contributed by atoms with Crippen LogP contribution in [0.4, 0.5) is 0 Å². The lowest BCUT2D eigenvalue weighted by molar-refractivity contribution is 0.0944. The molecule has 0 aliphatic carbocycles. The van der Waals surface area contributed by atoms with Crippen molar-refractivity contribution in [3.63, 3.8) is 0 Å². The van der Waals surface area contributed by atoms with E-state index in [2.05, 4.69) is 33.2 Å². The molecule has 1 amide bonds. The van der Waals surface area contributed by atoms with Gasteiger partial charge in [-0.15, -0.1) is 12.4 Å². The molecule has 1 unspecified atom stereocenters. The van der Waals surface area contributed by atoms with Gasteiger partial charge < -0.3 is 15.2 Å². The third kappa shape index (κ3) is 4.72. The van der Waals surface area contributed by atoms with E-state index in [1.807, 2.05) is 61.1 Å². The van der Waals surface area contributed by atoms with E-state index < -0.39 is 0 Å². The van der Waals surface area contributed by atoms with E-state index >= 15 is 0 Å². The molecule has 0 radical (unpaired) electrons. The number of hydrogen-bond donors (Lipinski definition) is 2. The molecule has 1 atom stereocenters. The molecule has 2 N–H and O–H groups in total. The summed E-state index contributed by atoms with van der Waals surface area (Å²) in [7, 11) is 1.88. The summed E-state index contributed by atoms with van der Waals surface area (Å²) in [6, 6.07) is 12.0. The first kappa shape index (κ1) is 18.0.